The van der Waals surface area contributed by atoms with E-state index in [1.165, 1.54) is 0 Å². The van der Waals surface area contributed by atoms with Crippen molar-refractivity contribution in [3.8, 4) is 0 Å². The minimum absolute atomic E-state index is 0.685. The van der Waals surface area contributed by atoms with Crippen LogP contribution in [0.1, 0.15) is 10.4 Å². The van der Waals surface area contributed by atoms with E-state index < -0.39 is 0 Å². The molecule has 0 unspecified atom stereocenters. The van der Waals surface area contributed by atoms with E-state index in [0.717, 1.165) is 21.3 Å². The summed E-state index contributed by atoms with van der Waals surface area (Å²) in [6, 6.07) is 3.76. The predicted octanol–water partition coefficient (Wildman–Crippen LogP) is 3.02. The molecule has 0 amide bonds. The molecule has 2 rings (SSSR count). The smallest absolute Gasteiger partial charge is 0.151 e. The maximum absolute atomic E-state index is 10.8. The first-order chi connectivity index (χ1) is 6.77. The van der Waals surface area contributed by atoms with Crippen LogP contribution in [0, 0.1) is 0 Å². The number of hydrogen-bond acceptors (Lipinski definition) is 4. The van der Waals surface area contributed by atoms with E-state index in [4.69, 9.17) is 5.73 Å². The van der Waals surface area contributed by atoms with Crippen molar-refractivity contribution < 1.29 is 4.79 Å². The number of fused-ring (bicyclic) bond motifs is 1. The molecular formula is C10H9NOS2. The Balaban J connectivity index is 2.88. The average Bonchev–Trinajstić information content (AvgIpc) is 2.65. The van der Waals surface area contributed by atoms with Crippen LogP contribution in [-0.2, 0) is 0 Å². The second-order valence-corrected chi connectivity index (χ2v) is 4.60. The fourth-order valence-corrected chi connectivity index (χ4v) is 3.11. The number of thioether (sulfide) groups is 1. The molecule has 2 N–H and O–H groups in total. The number of carbonyl (C=O) groups is 1. The van der Waals surface area contributed by atoms with E-state index >= 15 is 0 Å². The van der Waals surface area contributed by atoms with Gasteiger partial charge in [0.05, 0.1) is 0 Å². The van der Waals surface area contributed by atoms with Gasteiger partial charge >= 0.3 is 0 Å². The number of benzene rings is 1. The number of nitrogens with two attached hydrogens (primary N) is 1. The first-order valence-electron chi connectivity index (χ1n) is 4.06. The molecular weight excluding hydrogens is 214 g/mol. The molecule has 1 aromatic carbocycles. The summed E-state index contributed by atoms with van der Waals surface area (Å²) in [5.74, 6) is 0. The standard InChI is InChI=1S/C10H9NOS2/c1-13-10-7-2-3-14-9(7)6(5-12)4-8(10)11/h2-5H,11H2,1H3. The second kappa shape index (κ2) is 3.63. The van der Waals surface area contributed by atoms with Crippen molar-refractivity contribution >= 4 is 45.2 Å². The largest absolute Gasteiger partial charge is 0.398 e. The van der Waals surface area contributed by atoms with Gasteiger partial charge in [0, 0.05) is 26.2 Å². The SMILES string of the molecule is CSc1c(N)cc(C=O)c2sccc12. The number of hydrogen-bond donors (Lipinski definition) is 1. The number of rotatable bonds is 2. The summed E-state index contributed by atoms with van der Waals surface area (Å²) in [6.45, 7) is 0. The Morgan fingerprint density at radius 2 is 2.36 bits per heavy atom. The molecule has 72 valence electrons. The number of thiophene rings is 1. The molecule has 0 fully saturated rings. The van der Waals surface area contributed by atoms with Crippen LogP contribution in [0.15, 0.2) is 22.4 Å². The number of carbonyl (C=O) groups excluding carboxylic acids is 1. The highest BCUT2D eigenvalue weighted by atomic mass is 32.2. The Hall–Kier alpha value is -1.00. The molecule has 1 aromatic heterocycles. The van der Waals surface area contributed by atoms with Gasteiger partial charge in [0.15, 0.2) is 6.29 Å². The minimum atomic E-state index is 0.685. The molecule has 1 heterocycles. The summed E-state index contributed by atoms with van der Waals surface area (Å²) < 4.78 is 1.03. The fraction of sp³-hybridized carbons (Fsp3) is 0.100. The Morgan fingerprint density at radius 1 is 1.57 bits per heavy atom. The Labute approximate surface area is 90.1 Å². The fourth-order valence-electron chi connectivity index (χ4n) is 1.48. The van der Waals surface area contributed by atoms with Gasteiger partial charge in [0.2, 0.25) is 0 Å². The van der Waals surface area contributed by atoms with Crippen LogP contribution in [0.2, 0.25) is 0 Å². The lowest BCUT2D eigenvalue weighted by atomic mass is 10.1. The molecule has 4 heteroatoms. The summed E-state index contributed by atoms with van der Waals surface area (Å²) in [4.78, 5) is 11.9. The maximum Gasteiger partial charge on any atom is 0.151 e. The summed E-state index contributed by atoms with van der Waals surface area (Å²) in [7, 11) is 0. The van der Waals surface area contributed by atoms with Crippen molar-refractivity contribution in [2.45, 2.75) is 4.90 Å². The summed E-state index contributed by atoms with van der Waals surface area (Å²) in [5, 5.41) is 3.07. The average molecular weight is 223 g/mol. The molecule has 0 aliphatic carbocycles. The van der Waals surface area contributed by atoms with E-state index in [1.54, 1.807) is 29.2 Å². The first kappa shape index (κ1) is 9.55. The lowest BCUT2D eigenvalue weighted by molar-refractivity contribution is 0.112. The highest BCUT2D eigenvalue weighted by Gasteiger charge is 2.09. The van der Waals surface area contributed by atoms with Crippen molar-refractivity contribution in [2.75, 3.05) is 12.0 Å². The van der Waals surface area contributed by atoms with Gasteiger partial charge in [-0.15, -0.1) is 23.1 Å². The van der Waals surface area contributed by atoms with Crippen LogP contribution in [0.5, 0.6) is 0 Å². The van der Waals surface area contributed by atoms with Gasteiger partial charge in [-0.3, -0.25) is 4.79 Å². The van der Waals surface area contributed by atoms with E-state index in [2.05, 4.69) is 0 Å². The van der Waals surface area contributed by atoms with E-state index in [1.807, 2.05) is 17.7 Å². The third-order valence-electron chi connectivity index (χ3n) is 2.08. The van der Waals surface area contributed by atoms with Crippen LogP contribution >= 0.6 is 23.1 Å². The zero-order valence-electron chi connectivity index (χ0n) is 7.61. The summed E-state index contributed by atoms with van der Waals surface area (Å²) in [5.41, 5.74) is 7.23. The highest BCUT2D eigenvalue weighted by molar-refractivity contribution is 7.99. The molecule has 0 radical (unpaired) electrons. The minimum Gasteiger partial charge on any atom is -0.398 e. The van der Waals surface area contributed by atoms with E-state index in [-0.39, 0.29) is 0 Å². The first-order valence-corrected chi connectivity index (χ1v) is 6.17. The lowest BCUT2D eigenvalue weighted by Gasteiger charge is -2.05. The number of nitrogen functional groups attached to an aromatic ring is 1. The molecule has 0 saturated carbocycles. The van der Waals surface area contributed by atoms with Crippen LogP contribution in [-0.4, -0.2) is 12.5 Å². The third-order valence-corrected chi connectivity index (χ3v) is 3.90. The number of anilines is 1. The summed E-state index contributed by atoms with van der Waals surface area (Å²) >= 11 is 3.19. The Kier molecular flexibility index (Phi) is 2.48. The quantitative estimate of drug-likeness (QED) is 0.483. The van der Waals surface area contributed by atoms with E-state index in [9.17, 15) is 4.79 Å². The van der Waals surface area contributed by atoms with Gasteiger partial charge in [-0.25, -0.2) is 0 Å². The molecule has 2 nitrogen and oxygen atoms in total. The van der Waals surface area contributed by atoms with Gasteiger partial charge in [0.1, 0.15) is 0 Å². The van der Waals surface area contributed by atoms with Crippen LogP contribution in [0.4, 0.5) is 5.69 Å². The van der Waals surface area contributed by atoms with Crippen molar-refractivity contribution in [1.29, 1.82) is 0 Å². The molecule has 0 atom stereocenters. The van der Waals surface area contributed by atoms with Crippen molar-refractivity contribution in [3.63, 3.8) is 0 Å². The highest BCUT2D eigenvalue weighted by Crippen LogP contribution is 2.36. The van der Waals surface area contributed by atoms with Crippen molar-refractivity contribution in [3.05, 3.63) is 23.1 Å². The molecule has 0 aliphatic heterocycles. The summed E-state index contributed by atoms with van der Waals surface area (Å²) in [6.07, 6.45) is 2.85. The molecule has 0 aliphatic rings. The molecule has 0 bridgehead atoms. The molecule has 0 saturated heterocycles. The maximum atomic E-state index is 10.8. The monoisotopic (exact) mass is 223 g/mol. The second-order valence-electron chi connectivity index (χ2n) is 2.87. The van der Waals surface area contributed by atoms with Crippen LogP contribution in [0.25, 0.3) is 10.1 Å². The Bertz CT molecular complexity index is 490. The Morgan fingerprint density at radius 3 is 3.00 bits per heavy atom. The van der Waals surface area contributed by atoms with Gasteiger partial charge in [-0.1, -0.05) is 0 Å². The zero-order valence-corrected chi connectivity index (χ0v) is 9.24. The van der Waals surface area contributed by atoms with Gasteiger partial charge in [-0.2, -0.15) is 0 Å². The predicted molar refractivity (Wildman–Crippen MR) is 63.4 cm³/mol. The van der Waals surface area contributed by atoms with Crippen LogP contribution in [0.3, 0.4) is 0 Å². The number of aldehydes is 1. The molecule has 0 spiro atoms. The van der Waals surface area contributed by atoms with Crippen molar-refractivity contribution in [2.24, 2.45) is 0 Å². The van der Waals surface area contributed by atoms with Gasteiger partial charge in [-0.05, 0) is 23.8 Å². The topological polar surface area (TPSA) is 43.1 Å². The van der Waals surface area contributed by atoms with E-state index in [0.29, 0.717) is 11.3 Å². The van der Waals surface area contributed by atoms with Gasteiger partial charge < -0.3 is 5.73 Å². The molecule has 14 heavy (non-hydrogen) atoms. The van der Waals surface area contributed by atoms with Crippen molar-refractivity contribution in [1.82, 2.24) is 0 Å². The van der Waals surface area contributed by atoms with Gasteiger partial charge in [0.25, 0.3) is 0 Å². The normalized spacial score (nSPS) is 10.6. The molecule has 2 aromatic rings. The lowest BCUT2D eigenvalue weighted by Crippen LogP contribution is -1.91. The third kappa shape index (κ3) is 1.31. The zero-order chi connectivity index (χ0) is 10.1. The van der Waals surface area contributed by atoms with Crippen LogP contribution < -0.4 is 5.73 Å².